The summed E-state index contributed by atoms with van der Waals surface area (Å²) in [7, 11) is 0. The van der Waals surface area contributed by atoms with Gasteiger partial charge in [-0.3, -0.25) is 0 Å². The van der Waals surface area contributed by atoms with Gasteiger partial charge in [-0.25, -0.2) is 0 Å². The standard InChI is InChI=1S/C12H25NO/c1-10-11(6-9-14-10)13-8-5-7-12(2,3)4/h10-11,13H,5-9H2,1-4H3. The average Bonchev–Trinajstić information content (AvgIpc) is 2.44. The highest BCUT2D eigenvalue weighted by molar-refractivity contribution is 4.79. The van der Waals surface area contributed by atoms with Gasteiger partial charge in [0.2, 0.25) is 0 Å². The zero-order valence-corrected chi connectivity index (χ0v) is 10.1. The monoisotopic (exact) mass is 199 g/mol. The smallest absolute Gasteiger partial charge is 0.0700 e. The molecule has 2 atom stereocenters. The first-order valence-corrected chi connectivity index (χ1v) is 5.84. The second kappa shape index (κ2) is 5.13. The van der Waals surface area contributed by atoms with E-state index < -0.39 is 0 Å². The maximum Gasteiger partial charge on any atom is 0.0700 e. The summed E-state index contributed by atoms with van der Waals surface area (Å²) in [5, 5.41) is 3.58. The van der Waals surface area contributed by atoms with Crippen LogP contribution in [-0.2, 0) is 4.74 Å². The summed E-state index contributed by atoms with van der Waals surface area (Å²) in [5.74, 6) is 0. The highest BCUT2D eigenvalue weighted by Crippen LogP contribution is 2.20. The molecule has 0 aromatic heterocycles. The Morgan fingerprint density at radius 3 is 2.57 bits per heavy atom. The van der Waals surface area contributed by atoms with Gasteiger partial charge in [0, 0.05) is 12.6 Å². The zero-order valence-electron chi connectivity index (χ0n) is 10.1. The highest BCUT2D eigenvalue weighted by atomic mass is 16.5. The van der Waals surface area contributed by atoms with Gasteiger partial charge >= 0.3 is 0 Å². The molecule has 1 N–H and O–H groups in total. The van der Waals surface area contributed by atoms with Crippen LogP contribution in [0.25, 0.3) is 0 Å². The molecule has 1 aliphatic heterocycles. The number of ether oxygens (including phenoxy) is 1. The van der Waals surface area contributed by atoms with Crippen LogP contribution in [0.15, 0.2) is 0 Å². The summed E-state index contributed by atoms with van der Waals surface area (Å²) in [6, 6.07) is 0.593. The molecule has 1 saturated heterocycles. The maximum absolute atomic E-state index is 5.50. The molecule has 84 valence electrons. The van der Waals surface area contributed by atoms with Crippen LogP contribution in [0.5, 0.6) is 0 Å². The first-order valence-electron chi connectivity index (χ1n) is 5.84. The van der Waals surface area contributed by atoms with Crippen LogP contribution in [0.1, 0.15) is 47.0 Å². The second-order valence-corrected chi connectivity index (χ2v) is 5.59. The number of rotatable bonds is 4. The van der Waals surface area contributed by atoms with Gasteiger partial charge < -0.3 is 10.1 Å². The van der Waals surface area contributed by atoms with Crippen LogP contribution < -0.4 is 5.32 Å². The van der Waals surface area contributed by atoms with Crippen molar-refractivity contribution in [3.05, 3.63) is 0 Å². The predicted octanol–water partition coefficient (Wildman–Crippen LogP) is 2.58. The summed E-state index contributed by atoms with van der Waals surface area (Å²) in [6.45, 7) is 11.1. The van der Waals surface area contributed by atoms with Crippen molar-refractivity contribution in [1.29, 1.82) is 0 Å². The minimum absolute atomic E-state index is 0.407. The lowest BCUT2D eigenvalue weighted by Gasteiger charge is -2.20. The fourth-order valence-electron chi connectivity index (χ4n) is 1.91. The van der Waals surface area contributed by atoms with Gasteiger partial charge in [0.15, 0.2) is 0 Å². The molecule has 0 radical (unpaired) electrons. The van der Waals surface area contributed by atoms with E-state index in [2.05, 4.69) is 33.0 Å². The molecule has 0 bridgehead atoms. The third-order valence-corrected chi connectivity index (χ3v) is 2.89. The van der Waals surface area contributed by atoms with Crippen molar-refractivity contribution in [2.45, 2.75) is 59.1 Å². The van der Waals surface area contributed by atoms with Gasteiger partial charge in [0.1, 0.15) is 0 Å². The lowest BCUT2D eigenvalue weighted by Crippen LogP contribution is -2.35. The van der Waals surface area contributed by atoms with Crippen LogP contribution in [0.3, 0.4) is 0 Å². The molecule has 1 aliphatic rings. The Morgan fingerprint density at radius 2 is 2.07 bits per heavy atom. The Hall–Kier alpha value is -0.0800. The summed E-state index contributed by atoms with van der Waals surface area (Å²) >= 11 is 0. The molecule has 14 heavy (non-hydrogen) atoms. The van der Waals surface area contributed by atoms with E-state index in [1.54, 1.807) is 0 Å². The first-order chi connectivity index (χ1) is 6.49. The fraction of sp³-hybridized carbons (Fsp3) is 1.00. The summed E-state index contributed by atoms with van der Waals surface area (Å²) < 4.78 is 5.50. The Morgan fingerprint density at radius 1 is 1.36 bits per heavy atom. The number of hydrogen-bond acceptors (Lipinski definition) is 2. The Balaban J connectivity index is 2.04. The molecular weight excluding hydrogens is 174 g/mol. The Bertz CT molecular complexity index is 162. The molecule has 2 heteroatoms. The molecular formula is C12H25NO. The van der Waals surface area contributed by atoms with Crippen molar-refractivity contribution in [1.82, 2.24) is 5.32 Å². The number of hydrogen-bond donors (Lipinski definition) is 1. The third kappa shape index (κ3) is 4.43. The van der Waals surface area contributed by atoms with E-state index in [0.29, 0.717) is 17.6 Å². The van der Waals surface area contributed by atoms with E-state index in [9.17, 15) is 0 Å². The van der Waals surface area contributed by atoms with E-state index in [1.165, 1.54) is 19.3 Å². The quantitative estimate of drug-likeness (QED) is 0.703. The van der Waals surface area contributed by atoms with Crippen molar-refractivity contribution < 1.29 is 4.74 Å². The molecule has 0 saturated carbocycles. The molecule has 0 aromatic rings. The van der Waals surface area contributed by atoms with Crippen molar-refractivity contribution in [3.63, 3.8) is 0 Å². The molecule has 1 rings (SSSR count). The molecule has 0 amide bonds. The molecule has 0 aliphatic carbocycles. The van der Waals surface area contributed by atoms with Crippen LogP contribution in [0, 0.1) is 5.41 Å². The van der Waals surface area contributed by atoms with Crippen molar-refractivity contribution in [3.8, 4) is 0 Å². The van der Waals surface area contributed by atoms with E-state index >= 15 is 0 Å². The van der Waals surface area contributed by atoms with Crippen LogP contribution >= 0.6 is 0 Å². The predicted molar refractivity (Wildman–Crippen MR) is 60.5 cm³/mol. The van der Waals surface area contributed by atoms with Crippen LogP contribution in [0.4, 0.5) is 0 Å². The van der Waals surface area contributed by atoms with Gasteiger partial charge in [-0.2, -0.15) is 0 Å². The van der Waals surface area contributed by atoms with Gasteiger partial charge in [0.25, 0.3) is 0 Å². The molecule has 2 unspecified atom stereocenters. The molecule has 0 aromatic carbocycles. The van der Waals surface area contributed by atoms with E-state index in [-0.39, 0.29) is 0 Å². The molecule has 2 nitrogen and oxygen atoms in total. The van der Waals surface area contributed by atoms with E-state index in [4.69, 9.17) is 4.74 Å². The Labute approximate surface area is 88.4 Å². The van der Waals surface area contributed by atoms with E-state index in [0.717, 1.165) is 13.2 Å². The lowest BCUT2D eigenvalue weighted by atomic mass is 9.90. The summed E-state index contributed by atoms with van der Waals surface area (Å²) in [4.78, 5) is 0. The summed E-state index contributed by atoms with van der Waals surface area (Å²) in [5.41, 5.74) is 0.472. The van der Waals surface area contributed by atoms with Crippen molar-refractivity contribution in [2.24, 2.45) is 5.41 Å². The highest BCUT2D eigenvalue weighted by Gasteiger charge is 2.23. The summed E-state index contributed by atoms with van der Waals surface area (Å²) in [6.07, 6.45) is 4.15. The SMILES string of the molecule is CC1OCCC1NCCCC(C)(C)C. The van der Waals surface area contributed by atoms with Gasteiger partial charge in [-0.1, -0.05) is 20.8 Å². The second-order valence-electron chi connectivity index (χ2n) is 5.59. The largest absolute Gasteiger partial charge is 0.377 e. The molecule has 0 spiro atoms. The topological polar surface area (TPSA) is 21.3 Å². The minimum atomic E-state index is 0.407. The Kier molecular flexibility index (Phi) is 4.39. The van der Waals surface area contributed by atoms with Gasteiger partial charge in [-0.05, 0) is 38.1 Å². The van der Waals surface area contributed by atoms with Gasteiger partial charge in [-0.15, -0.1) is 0 Å². The maximum atomic E-state index is 5.50. The van der Waals surface area contributed by atoms with Crippen molar-refractivity contribution >= 4 is 0 Å². The third-order valence-electron chi connectivity index (χ3n) is 2.89. The first kappa shape index (κ1) is 12.0. The minimum Gasteiger partial charge on any atom is -0.377 e. The normalized spacial score (nSPS) is 28.3. The molecule has 1 heterocycles. The number of nitrogens with one attached hydrogen (secondary N) is 1. The fourth-order valence-corrected chi connectivity index (χ4v) is 1.91. The zero-order chi connectivity index (χ0) is 10.6. The molecule has 1 fully saturated rings. The lowest BCUT2D eigenvalue weighted by molar-refractivity contribution is 0.113. The van der Waals surface area contributed by atoms with E-state index in [1.807, 2.05) is 0 Å². The van der Waals surface area contributed by atoms with Crippen molar-refractivity contribution in [2.75, 3.05) is 13.2 Å². The van der Waals surface area contributed by atoms with Crippen LogP contribution in [-0.4, -0.2) is 25.3 Å². The average molecular weight is 199 g/mol. The van der Waals surface area contributed by atoms with Gasteiger partial charge in [0.05, 0.1) is 6.10 Å². The van der Waals surface area contributed by atoms with Crippen LogP contribution in [0.2, 0.25) is 0 Å².